The molecule has 0 aliphatic carbocycles. The molecule has 5 heteroatoms. The summed E-state index contributed by atoms with van der Waals surface area (Å²) in [6.07, 6.45) is 0.291. The number of rotatable bonds is 2. The summed E-state index contributed by atoms with van der Waals surface area (Å²) < 4.78 is 0. The summed E-state index contributed by atoms with van der Waals surface area (Å²) in [6, 6.07) is 0. The lowest BCUT2D eigenvalue weighted by molar-refractivity contribution is -0.109. The lowest BCUT2D eigenvalue weighted by Gasteiger charge is -1.52. The molecule has 1 radical (unpaired) electrons. The number of azide groups is 1. The third-order valence-corrected chi connectivity index (χ3v) is 0.155. The van der Waals surface area contributed by atoms with Crippen molar-refractivity contribution >= 4 is 6.41 Å². The first kappa shape index (κ1) is 4.78. The molecule has 0 atom stereocenters. The quantitative estimate of drug-likeness (QED) is 0.156. The van der Waals surface area contributed by atoms with E-state index in [1.54, 1.807) is 5.43 Å². The number of carbonyl (C=O) groups is 1. The number of amides is 1. The van der Waals surface area contributed by atoms with Gasteiger partial charge in [-0.1, -0.05) is 0 Å². The largest absolute Gasteiger partial charge is 0.316 e. The molecule has 1 N–H and O–H groups in total. The van der Waals surface area contributed by atoms with Gasteiger partial charge in [-0.2, -0.15) is 0 Å². The molecule has 0 aliphatic rings. The van der Waals surface area contributed by atoms with Crippen molar-refractivity contribution in [1.82, 2.24) is 10.6 Å². The van der Waals surface area contributed by atoms with E-state index in [1.807, 2.05) is 0 Å². The minimum Gasteiger partial charge on any atom is -0.249 e. The zero-order valence-corrected chi connectivity index (χ0v) is 2.83. The summed E-state index contributed by atoms with van der Waals surface area (Å²) in [7, 11) is 0. The van der Waals surface area contributed by atoms with Crippen LogP contribution in [0, 0.1) is 0 Å². The van der Waals surface area contributed by atoms with Crippen LogP contribution in [0.4, 0.5) is 0 Å². The molecular formula is CH2N4O+. The van der Waals surface area contributed by atoms with Crippen molar-refractivity contribution in [2.45, 2.75) is 0 Å². The molecule has 0 unspecified atom stereocenters. The van der Waals surface area contributed by atoms with Gasteiger partial charge in [0, 0.05) is 0 Å². The third kappa shape index (κ3) is 2.78. The maximum absolute atomic E-state index is 9.19. The normalized spacial score (nSPS) is 5.33. The third-order valence-electron chi connectivity index (χ3n) is 0.155. The van der Waals surface area contributed by atoms with Crippen molar-refractivity contribution in [3.63, 3.8) is 0 Å². The van der Waals surface area contributed by atoms with E-state index in [1.165, 1.54) is 0 Å². The standard InChI is InChI=1S/CH2N4O/c2-4-5-3-1-6/h1H,(H,3,6)/q+1. The Morgan fingerprint density at radius 1 is 1.83 bits per heavy atom. The van der Waals surface area contributed by atoms with Gasteiger partial charge in [0.05, 0.1) is 4.91 Å². The van der Waals surface area contributed by atoms with Crippen molar-refractivity contribution in [1.29, 1.82) is 0 Å². The molecule has 0 aliphatic heterocycles. The van der Waals surface area contributed by atoms with Crippen LogP contribution in [0.5, 0.6) is 0 Å². The summed E-state index contributed by atoms with van der Waals surface area (Å²) in [5.41, 5.74) is 9.16. The highest BCUT2D eigenvalue weighted by Crippen LogP contribution is 1.31. The van der Waals surface area contributed by atoms with Crippen LogP contribution >= 0.6 is 0 Å². The number of nitrogens with zero attached hydrogens (tertiary/aromatic N) is 3. The Morgan fingerprint density at radius 3 is 2.67 bits per heavy atom. The van der Waals surface area contributed by atoms with E-state index in [0.717, 1.165) is 0 Å². The Kier molecular flexibility index (Phi) is 3.01. The van der Waals surface area contributed by atoms with Crippen LogP contribution < -0.4 is 10.6 Å². The van der Waals surface area contributed by atoms with Gasteiger partial charge in [0.2, 0.25) is 10.8 Å². The molecule has 0 heterocycles. The first-order valence-electron chi connectivity index (χ1n) is 1.15. The molecule has 0 fully saturated rings. The summed E-state index contributed by atoms with van der Waals surface area (Å²) in [4.78, 5) is 11.4. The van der Waals surface area contributed by atoms with Crippen molar-refractivity contribution in [2.24, 2.45) is 0 Å². The fourth-order valence-electron chi connectivity index (χ4n) is 0.0494. The molecule has 0 saturated heterocycles. The average molecular weight is 86.1 g/mol. The molecule has 1 amide bonds. The Hall–Kier alpha value is -1.22. The van der Waals surface area contributed by atoms with Crippen molar-refractivity contribution in [2.75, 3.05) is 0 Å². The first-order chi connectivity index (χ1) is 2.91. The van der Waals surface area contributed by atoms with Crippen molar-refractivity contribution < 1.29 is 4.79 Å². The highest BCUT2D eigenvalue weighted by atomic mass is 16.1. The zero-order chi connectivity index (χ0) is 4.83. The van der Waals surface area contributed by atoms with Gasteiger partial charge in [-0.25, -0.2) is 4.79 Å². The Balaban J connectivity index is 3.07. The van der Waals surface area contributed by atoms with Crippen LogP contribution in [0.2, 0.25) is 0 Å². The predicted octanol–water partition coefficient (Wildman–Crippen LogP) is -0.707. The lowest BCUT2D eigenvalue weighted by Crippen LogP contribution is -2.08. The minimum atomic E-state index is 0.291. The maximum Gasteiger partial charge on any atom is 0.316 e. The second-order valence-electron chi connectivity index (χ2n) is 0.436. The molecule has 0 bridgehead atoms. The van der Waals surface area contributed by atoms with Crippen LogP contribution in [0.25, 0.3) is 10.4 Å². The topological polar surface area (TPSA) is 79.6 Å². The molecule has 5 nitrogen and oxygen atoms in total. The van der Waals surface area contributed by atoms with E-state index in [-0.39, 0.29) is 0 Å². The van der Waals surface area contributed by atoms with Crippen LogP contribution in [-0.2, 0) is 4.79 Å². The van der Waals surface area contributed by atoms with E-state index in [9.17, 15) is 4.79 Å². The number of hydrogen-bond donors (Lipinski definition) is 1. The summed E-state index contributed by atoms with van der Waals surface area (Å²) >= 11 is 0. The van der Waals surface area contributed by atoms with Gasteiger partial charge in [-0.05, 0) is 0 Å². The van der Waals surface area contributed by atoms with E-state index in [2.05, 4.69) is 10.1 Å². The van der Waals surface area contributed by atoms with Gasteiger partial charge in [-0.15, -0.1) is 5.43 Å². The molecule has 6 heavy (non-hydrogen) atoms. The van der Waals surface area contributed by atoms with Gasteiger partial charge in [-0.3, -0.25) is 0 Å². The molecule has 0 aromatic rings. The monoisotopic (exact) mass is 86.0 g/mol. The highest BCUT2D eigenvalue weighted by Gasteiger charge is 1.70. The van der Waals surface area contributed by atoms with Gasteiger partial charge in [0.15, 0.2) is 0 Å². The zero-order valence-electron chi connectivity index (χ0n) is 2.83. The van der Waals surface area contributed by atoms with Gasteiger partial charge < -0.3 is 0 Å². The molecule has 0 aromatic carbocycles. The smallest absolute Gasteiger partial charge is 0.249 e. The molecule has 31 valence electrons. The average Bonchev–Trinajstić information content (AvgIpc) is 1.61. The molecule has 0 aromatic heterocycles. The van der Waals surface area contributed by atoms with Gasteiger partial charge in [0.1, 0.15) is 0 Å². The predicted molar refractivity (Wildman–Crippen MR) is 18.1 cm³/mol. The fourth-order valence-corrected chi connectivity index (χ4v) is 0.0494. The molecule has 0 saturated carbocycles. The summed E-state index contributed by atoms with van der Waals surface area (Å²) in [5.74, 6) is 0. The van der Waals surface area contributed by atoms with Crippen molar-refractivity contribution in [3.05, 3.63) is 10.4 Å². The van der Waals surface area contributed by atoms with E-state index in [4.69, 9.17) is 5.53 Å². The maximum atomic E-state index is 9.19. The molecular weight excluding hydrogens is 84.0 g/mol. The lowest BCUT2D eigenvalue weighted by atomic mass is 11.4. The molecule has 0 spiro atoms. The Bertz CT molecular complexity index is 81.5. The van der Waals surface area contributed by atoms with Gasteiger partial charge in [0.25, 0.3) is 0 Å². The number of nitrogens with one attached hydrogen (secondary N) is 1. The van der Waals surface area contributed by atoms with Crippen LogP contribution in [-0.4, -0.2) is 6.41 Å². The number of hydrogen-bond acceptors (Lipinski definition) is 2. The summed E-state index contributed by atoms with van der Waals surface area (Å²) in [6.45, 7) is 0. The Morgan fingerprint density at radius 2 is 2.50 bits per heavy atom. The molecule has 0 rings (SSSR count). The first-order valence-corrected chi connectivity index (χ1v) is 1.15. The second-order valence-corrected chi connectivity index (χ2v) is 0.436. The minimum absolute atomic E-state index is 0.291. The van der Waals surface area contributed by atoms with E-state index in [0.29, 0.717) is 6.41 Å². The second kappa shape index (κ2) is 3.78. The highest BCUT2D eigenvalue weighted by molar-refractivity contribution is 5.44. The van der Waals surface area contributed by atoms with Crippen molar-refractivity contribution in [3.8, 4) is 0 Å². The SMILES string of the molecule is [N-]=[N+]=[N+]NC=O. The van der Waals surface area contributed by atoms with Crippen LogP contribution in [0.1, 0.15) is 0 Å². The fraction of sp³-hybridized carbons (Fsp3) is 0. The Labute approximate surface area is 33.6 Å². The van der Waals surface area contributed by atoms with E-state index < -0.39 is 0 Å². The van der Waals surface area contributed by atoms with Crippen LogP contribution in [0.15, 0.2) is 0 Å². The van der Waals surface area contributed by atoms with Crippen LogP contribution in [0.3, 0.4) is 0 Å². The van der Waals surface area contributed by atoms with E-state index >= 15 is 0 Å². The number of carbonyl (C=O) groups excluding carboxylic acids is 1. The van der Waals surface area contributed by atoms with Gasteiger partial charge >= 0.3 is 6.41 Å². The summed E-state index contributed by atoms with van der Waals surface area (Å²) in [5, 5.41) is 2.65.